The molecule has 1 aromatic carbocycles. The van der Waals surface area contributed by atoms with Crippen LogP contribution >= 0.6 is 0 Å². The lowest BCUT2D eigenvalue weighted by Crippen LogP contribution is -2.33. The Morgan fingerprint density at radius 1 is 1.43 bits per heavy atom. The monoisotopic (exact) mass is 320 g/mol. The number of cyclic esters (lactones) is 1. The summed E-state index contributed by atoms with van der Waals surface area (Å²) in [6.07, 6.45) is 0.479. The molecule has 23 heavy (non-hydrogen) atoms. The van der Waals surface area contributed by atoms with Gasteiger partial charge in [0.15, 0.2) is 6.10 Å². The second-order valence-corrected chi connectivity index (χ2v) is 4.77. The van der Waals surface area contributed by atoms with E-state index in [2.05, 4.69) is 4.74 Å². The van der Waals surface area contributed by atoms with Crippen LogP contribution in [0, 0.1) is 0 Å². The van der Waals surface area contributed by atoms with Crippen LogP contribution in [0.4, 0.5) is 0 Å². The first-order chi connectivity index (χ1) is 11.0. The summed E-state index contributed by atoms with van der Waals surface area (Å²) in [4.78, 5) is 23.7. The standard InChI is InChI=1S/C16H16O7/c1-2-5-9-6-3-4-7-10(9)15(20)23-14-12(19)16(21)22-13(14)11(18)8-17/h2-7,11,13,17-19H,8H2,1H3/t11-,13+/m0/s1. The van der Waals surface area contributed by atoms with Gasteiger partial charge in [-0.05, 0) is 18.6 Å². The van der Waals surface area contributed by atoms with E-state index in [9.17, 15) is 19.8 Å². The van der Waals surface area contributed by atoms with E-state index in [1.807, 2.05) is 0 Å². The third kappa shape index (κ3) is 3.41. The number of hydrogen-bond donors (Lipinski definition) is 3. The van der Waals surface area contributed by atoms with Crippen molar-refractivity contribution in [3.8, 4) is 0 Å². The third-order valence-corrected chi connectivity index (χ3v) is 3.19. The molecule has 0 spiro atoms. The van der Waals surface area contributed by atoms with E-state index in [1.165, 1.54) is 6.07 Å². The Morgan fingerprint density at radius 3 is 2.78 bits per heavy atom. The molecule has 0 radical (unpaired) electrons. The Morgan fingerprint density at radius 2 is 2.13 bits per heavy atom. The maximum atomic E-state index is 12.3. The zero-order valence-electron chi connectivity index (χ0n) is 12.3. The Balaban J connectivity index is 2.30. The molecule has 2 atom stereocenters. The molecular formula is C16H16O7. The van der Waals surface area contributed by atoms with Crippen LogP contribution in [0.2, 0.25) is 0 Å². The summed E-state index contributed by atoms with van der Waals surface area (Å²) in [6, 6.07) is 6.59. The number of esters is 2. The van der Waals surface area contributed by atoms with Crippen LogP contribution in [0.1, 0.15) is 22.8 Å². The summed E-state index contributed by atoms with van der Waals surface area (Å²) in [7, 11) is 0. The van der Waals surface area contributed by atoms with E-state index in [0.29, 0.717) is 5.56 Å². The summed E-state index contributed by atoms with van der Waals surface area (Å²) in [6.45, 7) is 1.05. The highest BCUT2D eigenvalue weighted by atomic mass is 16.6. The van der Waals surface area contributed by atoms with Gasteiger partial charge in [-0.25, -0.2) is 9.59 Å². The van der Waals surface area contributed by atoms with Crippen LogP contribution in [-0.4, -0.2) is 46.1 Å². The summed E-state index contributed by atoms with van der Waals surface area (Å²) >= 11 is 0. The maximum Gasteiger partial charge on any atom is 0.378 e. The van der Waals surface area contributed by atoms with Gasteiger partial charge in [-0.15, -0.1) is 0 Å². The number of carbonyl (C=O) groups is 2. The predicted octanol–water partition coefficient (Wildman–Crippen LogP) is 0.925. The number of hydrogen-bond acceptors (Lipinski definition) is 7. The lowest BCUT2D eigenvalue weighted by molar-refractivity contribution is -0.147. The Kier molecular flexibility index (Phi) is 5.15. The second kappa shape index (κ2) is 7.08. The zero-order chi connectivity index (χ0) is 17.0. The van der Waals surface area contributed by atoms with Gasteiger partial charge in [0.05, 0.1) is 12.2 Å². The zero-order valence-corrected chi connectivity index (χ0v) is 12.3. The van der Waals surface area contributed by atoms with Gasteiger partial charge < -0.3 is 24.8 Å². The molecular weight excluding hydrogens is 304 g/mol. The fraction of sp³-hybridized carbons (Fsp3) is 0.250. The number of carbonyl (C=O) groups excluding carboxylic acids is 2. The van der Waals surface area contributed by atoms with Gasteiger partial charge in [-0.3, -0.25) is 0 Å². The van der Waals surface area contributed by atoms with Crippen molar-refractivity contribution in [1.29, 1.82) is 0 Å². The van der Waals surface area contributed by atoms with Crippen molar-refractivity contribution >= 4 is 18.0 Å². The molecule has 1 aliphatic heterocycles. The number of allylic oxidation sites excluding steroid dienone is 1. The van der Waals surface area contributed by atoms with Gasteiger partial charge >= 0.3 is 11.9 Å². The molecule has 0 saturated heterocycles. The first-order valence-electron chi connectivity index (χ1n) is 6.86. The Bertz CT molecular complexity index is 675. The van der Waals surface area contributed by atoms with Crippen molar-refractivity contribution in [3.63, 3.8) is 0 Å². The Hall–Kier alpha value is -2.64. The van der Waals surface area contributed by atoms with Crippen LogP contribution in [0.15, 0.2) is 41.9 Å². The van der Waals surface area contributed by atoms with E-state index < -0.39 is 42.3 Å². The van der Waals surface area contributed by atoms with E-state index >= 15 is 0 Å². The molecule has 7 heteroatoms. The minimum Gasteiger partial charge on any atom is -0.499 e. The van der Waals surface area contributed by atoms with Gasteiger partial charge in [0.1, 0.15) is 6.10 Å². The van der Waals surface area contributed by atoms with Crippen molar-refractivity contribution in [1.82, 2.24) is 0 Å². The third-order valence-electron chi connectivity index (χ3n) is 3.19. The molecule has 2 rings (SSSR count). The fourth-order valence-electron chi connectivity index (χ4n) is 2.08. The first kappa shape index (κ1) is 16.7. The molecule has 0 fully saturated rings. The van der Waals surface area contributed by atoms with Crippen molar-refractivity contribution in [2.75, 3.05) is 6.61 Å². The number of rotatable bonds is 5. The highest BCUT2D eigenvalue weighted by Gasteiger charge is 2.41. The van der Waals surface area contributed by atoms with E-state index in [1.54, 1.807) is 37.3 Å². The molecule has 3 N–H and O–H groups in total. The number of aliphatic hydroxyl groups is 3. The summed E-state index contributed by atoms with van der Waals surface area (Å²) in [5.41, 5.74) is 0.798. The molecule has 0 amide bonds. The molecule has 0 aliphatic carbocycles. The lowest BCUT2D eigenvalue weighted by atomic mass is 10.1. The van der Waals surface area contributed by atoms with E-state index in [-0.39, 0.29) is 5.56 Å². The van der Waals surface area contributed by atoms with E-state index in [4.69, 9.17) is 9.84 Å². The molecule has 7 nitrogen and oxygen atoms in total. The van der Waals surface area contributed by atoms with E-state index in [0.717, 1.165) is 0 Å². The van der Waals surface area contributed by atoms with Gasteiger partial charge in [-0.1, -0.05) is 30.4 Å². The van der Waals surface area contributed by atoms with Crippen LogP contribution < -0.4 is 0 Å². The largest absolute Gasteiger partial charge is 0.499 e. The average molecular weight is 320 g/mol. The fourth-order valence-corrected chi connectivity index (χ4v) is 2.08. The summed E-state index contributed by atoms with van der Waals surface area (Å²) in [5, 5.41) is 28.2. The van der Waals surface area contributed by atoms with Crippen molar-refractivity contribution in [3.05, 3.63) is 53.0 Å². The van der Waals surface area contributed by atoms with Crippen LogP contribution in [0.3, 0.4) is 0 Å². The predicted molar refractivity (Wildman–Crippen MR) is 79.2 cm³/mol. The van der Waals surface area contributed by atoms with Gasteiger partial charge in [0.25, 0.3) is 0 Å². The van der Waals surface area contributed by atoms with Crippen molar-refractivity contribution in [2.24, 2.45) is 0 Å². The highest BCUT2D eigenvalue weighted by molar-refractivity contribution is 5.96. The number of ether oxygens (including phenoxy) is 2. The SMILES string of the molecule is CC=Cc1ccccc1C(=O)OC1=C(O)C(=O)O[C@@H]1[C@@H](O)CO. The topological polar surface area (TPSA) is 113 Å². The van der Waals surface area contributed by atoms with Gasteiger partial charge in [0, 0.05) is 0 Å². The average Bonchev–Trinajstić information content (AvgIpc) is 2.83. The Labute approximate surface area is 132 Å². The normalized spacial score (nSPS) is 19.1. The molecule has 1 heterocycles. The first-order valence-corrected chi connectivity index (χ1v) is 6.86. The number of benzene rings is 1. The number of aliphatic hydroxyl groups excluding tert-OH is 3. The van der Waals surface area contributed by atoms with Gasteiger partial charge in [0.2, 0.25) is 11.5 Å². The maximum absolute atomic E-state index is 12.3. The molecule has 0 unspecified atom stereocenters. The van der Waals surface area contributed by atoms with Crippen molar-refractivity contribution < 1.29 is 34.4 Å². The molecule has 0 saturated carbocycles. The van der Waals surface area contributed by atoms with Crippen molar-refractivity contribution in [2.45, 2.75) is 19.1 Å². The molecule has 0 bridgehead atoms. The quantitative estimate of drug-likeness (QED) is 0.691. The minimum atomic E-state index is -1.52. The highest BCUT2D eigenvalue weighted by Crippen LogP contribution is 2.26. The van der Waals surface area contributed by atoms with Crippen LogP contribution in [0.25, 0.3) is 6.08 Å². The molecule has 0 aromatic heterocycles. The second-order valence-electron chi connectivity index (χ2n) is 4.77. The van der Waals surface area contributed by atoms with Crippen LogP contribution in [0.5, 0.6) is 0 Å². The molecule has 1 aromatic rings. The van der Waals surface area contributed by atoms with Crippen LogP contribution in [-0.2, 0) is 14.3 Å². The minimum absolute atomic E-state index is 0.211. The van der Waals surface area contributed by atoms with Gasteiger partial charge in [-0.2, -0.15) is 0 Å². The summed E-state index contributed by atoms with van der Waals surface area (Å²) < 4.78 is 9.73. The molecule has 1 aliphatic rings. The smallest absolute Gasteiger partial charge is 0.378 e. The summed E-state index contributed by atoms with van der Waals surface area (Å²) in [5.74, 6) is -3.38. The molecule has 122 valence electrons. The lowest BCUT2D eigenvalue weighted by Gasteiger charge is -2.17.